The first kappa shape index (κ1) is 25.3. The number of rotatable bonds is 6. The number of aromatic nitrogens is 1. The highest BCUT2D eigenvalue weighted by molar-refractivity contribution is 5.95. The first-order valence-corrected chi connectivity index (χ1v) is 11.5. The number of aryl methyl sites for hydroxylation is 2. The molecule has 0 atom stereocenters. The number of ether oxygens (including phenoxy) is 4. The van der Waals surface area contributed by atoms with Crippen LogP contribution in [0.1, 0.15) is 22.3 Å². The molecule has 1 aliphatic rings. The van der Waals surface area contributed by atoms with Gasteiger partial charge in [-0.1, -0.05) is 12.1 Å². The lowest BCUT2D eigenvalue weighted by Gasteiger charge is -2.22. The van der Waals surface area contributed by atoms with Crippen LogP contribution in [0.3, 0.4) is 0 Å². The molecule has 6 nitrogen and oxygen atoms in total. The summed E-state index contributed by atoms with van der Waals surface area (Å²) in [4.78, 5) is 0. The van der Waals surface area contributed by atoms with Gasteiger partial charge in [-0.05, 0) is 47.5 Å². The Morgan fingerprint density at radius 2 is 1.53 bits per heavy atom. The van der Waals surface area contributed by atoms with Crippen molar-refractivity contribution in [2.24, 2.45) is 0 Å². The SMILES string of the molecule is COc1cc2c(cc1OC)-c1c(Cc3ccc(C#N)cc3)c3ccc(OC)c(OC)c3c[n+]1CC2.[Br-]. The van der Waals surface area contributed by atoms with Crippen molar-refractivity contribution in [2.75, 3.05) is 28.4 Å². The predicted octanol–water partition coefficient (Wildman–Crippen LogP) is 1.85. The molecule has 3 aromatic carbocycles. The van der Waals surface area contributed by atoms with Crippen molar-refractivity contribution < 1.29 is 40.5 Å². The Morgan fingerprint density at radius 3 is 2.17 bits per heavy atom. The summed E-state index contributed by atoms with van der Waals surface area (Å²) in [7, 11) is 6.66. The van der Waals surface area contributed by atoms with Crippen molar-refractivity contribution in [1.29, 1.82) is 5.26 Å². The second kappa shape index (κ2) is 10.5. The molecule has 0 aliphatic carbocycles. The van der Waals surface area contributed by atoms with Crippen LogP contribution < -0.4 is 40.5 Å². The highest BCUT2D eigenvalue weighted by atomic mass is 79.9. The third-order valence-corrected chi connectivity index (χ3v) is 6.72. The summed E-state index contributed by atoms with van der Waals surface area (Å²) in [6.45, 7) is 0.828. The van der Waals surface area contributed by atoms with Crippen LogP contribution >= 0.6 is 0 Å². The number of nitrogens with zero attached hydrogens (tertiary/aromatic N) is 2. The van der Waals surface area contributed by atoms with Crippen LogP contribution in [0.15, 0.2) is 54.7 Å². The summed E-state index contributed by atoms with van der Waals surface area (Å²) in [6.07, 6.45) is 3.73. The van der Waals surface area contributed by atoms with Gasteiger partial charge in [0.1, 0.15) is 0 Å². The van der Waals surface area contributed by atoms with Gasteiger partial charge in [-0.15, -0.1) is 0 Å². The van der Waals surface area contributed by atoms with Crippen LogP contribution in [-0.2, 0) is 19.4 Å². The van der Waals surface area contributed by atoms with Crippen LogP contribution in [0.2, 0.25) is 0 Å². The Hall–Kier alpha value is -3.76. The van der Waals surface area contributed by atoms with E-state index < -0.39 is 0 Å². The molecule has 184 valence electrons. The van der Waals surface area contributed by atoms with Gasteiger partial charge in [0, 0.05) is 23.8 Å². The molecule has 2 heterocycles. The van der Waals surface area contributed by atoms with E-state index in [2.05, 4.69) is 35.0 Å². The van der Waals surface area contributed by atoms with Gasteiger partial charge < -0.3 is 35.9 Å². The van der Waals surface area contributed by atoms with E-state index >= 15 is 0 Å². The number of halogens is 1. The van der Waals surface area contributed by atoms with E-state index in [4.69, 9.17) is 18.9 Å². The quantitative estimate of drug-likeness (QED) is 0.345. The van der Waals surface area contributed by atoms with Crippen molar-refractivity contribution >= 4 is 10.8 Å². The van der Waals surface area contributed by atoms with E-state index in [1.165, 1.54) is 11.1 Å². The number of fused-ring (bicyclic) bond motifs is 4. The Labute approximate surface area is 221 Å². The Kier molecular flexibility index (Phi) is 7.37. The largest absolute Gasteiger partial charge is 1.00 e. The van der Waals surface area contributed by atoms with Gasteiger partial charge in [0.2, 0.25) is 5.69 Å². The van der Waals surface area contributed by atoms with Crippen LogP contribution in [0, 0.1) is 11.3 Å². The number of pyridine rings is 1. The molecular formula is C29H27BrN2O4. The number of methoxy groups -OCH3 is 4. The van der Waals surface area contributed by atoms with Gasteiger partial charge in [-0.2, -0.15) is 9.83 Å². The molecule has 1 aliphatic heterocycles. The third-order valence-electron chi connectivity index (χ3n) is 6.72. The van der Waals surface area contributed by atoms with Gasteiger partial charge in [0.25, 0.3) is 0 Å². The number of hydrogen-bond acceptors (Lipinski definition) is 5. The minimum atomic E-state index is 0. The van der Waals surface area contributed by atoms with Crippen LogP contribution in [-0.4, -0.2) is 28.4 Å². The molecule has 1 aromatic heterocycles. The van der Waals surface area contributed by atoms with E-state index in [0.717, 1.165) is 52.1 Å². The molecule has 0 fully saturated rings. The molecule has 0 N–H and O–H groups in total. The monoisotopic (exact) mass is 546 g/mol. The Balaban J connectivity index is 0.00000304. The first-order valence-electron chi connectivity index (χ1n) is 11.5. The maximum absolute atomic E-state index is 9.22. The second-order valence-corrected chi connectivity index (χ2v) is 8.51. The van der Waals surface area contributed by atoms with Crippen molar-refractivity contribution in [3.63, 3.8) is 0 Å². The highest BCUT2D eigenvalue weighted by Gasteiger charge is 2.31. The normalized spacial score (nSPS) is 11.5. The topological polar surface area (TPSA) is 64.6 Å². The van der Waals surface area contributed by atoms with Crippen molar-refractivity contribution in [3.05, 3.63) is 77.0 Å². The number of hydrogen-bond donors (Lipinski definition) is 0. The minimum absolute atomic E-state index is 0. The van der Waals surface area contributed by atoms with Crippen LogP contribution in [0.4, 0.5) is 0 Å². The maximum atomic E-state index is 9.22. The van der Waals surface area contributed by atoms with E-state index in [0.29, 0.717) is 23.5 Å². The Morgan fingerprint density at radius 1 is 0.833 bits per heavy atom. The molecule has 0 saturated heterocycles. The summed E-state index contributed by atoms with van der Waals surface area (Å²) in [6, 6.07) is 18.2. The maximum Gasteiger partial charge on any atom is 0.217 e. The highest BCUT2D eigenvalue weighted by Crippen LogP contribution is 2.43. The molecule has 0 saturated carbocycles. The molecule has 0 radical (unpaired) electrons. The van der Waals surface area contributed by atoms with E-state index in [1.54, 1.807) is 28.4 Å². The fraction of sp³-hybridized carbons (Fsp3) is 0.241. The molecule has 36 heavy (non-hydrogen) atoms. The lowest BCUT2D eigenvalue weighted by molar-refractivity contribution is -0.686. The Bertz CT molecular complexity index is 1480. The minimum Gasteiger partial charge on any atom is -1.00 e. The summed E-state index contributed by atoms with van der Waals surface area (Å²) in [5.41, 5.74) is 6.47. The van der Waals surface area contributed by atoms with E-state index in [1.807, 2.05) is 30.3 Å². The average molecular weight is 547 g/mol. The van der Waals surface area contributed by atoms with Gasteiger partial charge in [0.15, 0.2) is 35.7 Å². The summed E-state index contributed by atoms with van der Waals surface area (Å²) < 4.78 is 24.9. The van der Waals surface area contributed by atoms with Gasteiger partial charge in [0.05, 0.1) is 51.0 Å². The van der Waals surface area contributed by atoms with Crippen molar-refractivity contribution in [2.45, 2.75) is 19.4 Å². The molecule has 0 unspecified atom stereocenters. The average Bonchev–Trinajstić information content (AvgIpc) is 2.91. The third kappa shape index (κ3) is 4.22. The molecule has 4 aromatic rings. The van der Waals surface area contributed by atoms with Crippen molar-refractivity contribution in [1.82, 2.24) is 0 Å². The molecule has 0 bridgehead atoms. The summed E-state index contributed by atoms with van der Waals surface area (Å²) in [5.74, 6) is 2.86. The molecule has 0 spiro atoms. The fourth-order valence-electron chi connectivity index (χ4n) is 5.03. The standard InChI is InChI=1S/C29H27N2O4.BrH/c1-32-25-10-9-21-23(13-18-5-7-19(16-30)8-6-18)28-22-15-27(34-3)26(33-2)14-20(22)11-12-31(28)17-24(21)29(25)35-4;/h5-10,14-15,17H,11-13H2,1-4H3;1H/q+1;/p-1. The molecular weight excluding hydrogens is 520 g/mol. The molecule has 0 amide bonds. The number of nitriles is 1. The van der Waals surface area contributed by atoms with Gasteiger partial charge in [-0.3, -0.25) is 0 Å². The summed E-state index contributed by atoms with van der Waals surface area (Å²) >= 11 is 0. The van der Waals surface area contributed by atoms with Gasteiger partial charge in [-0.25, -0.2) is 0 Å². The second-order valence-electron chi connectivity index (χ2n) is 8.51. The van der Waals surface area contributed by atoms with Crippen molar-refractivity contribution in [3.8, 4) is 40.3 Å². The summed E-state index contributed by atoms with van der Waals surface area (Å²) in [5, 5.41) is 11.3. The lowest BCUT2D eigenvalue weighted by Crippen LogP contribution is -3.00. The van der Waals surface area contributed by atoms with Crippen LogP contribution in [0.5, 0.6) is 23.0 Å². The molecule has 5 rings (SSSR count). The fourth-order valence-corrected chi connectivity index (χ4v) is 5.03. The zero-order chi connectivity index (χ0) is 24.5. The van der Waals surface area contributed by atoms with E-state index in [-0.39, 0.29) is 17.0 Å². The number of benzene rings is 3. The predicted molar refractivity (Wildman–Crippen MR) is 133 cm³/mol. The first-order chi connectivity index (χ1) is 17.1. The van der Waals surface area contributed by atoms with E-state index in [9.17, 15) is 5.26 Å². The lowest BCUT2D eigenvalue weighted by atomic mass is 9.88. The zero-order valence-electron chi connectivity index (χ0n) is 20.7. The molecule has 7 heteroatoms. The van der Waals surface area contributed by atoms with Gasteiger partial charge >= 0.3 is 0 Å². The zero-order valence-corrected chi connectivity index (χ0v) is 22.3. The van der Waals surface area contributed by atoms with Crippen LogP contribution in [0.25, 0.3) is 22.0 Å². The smallest absolute Gasteiger partial charge is 0.217 e.